The first-order chi connectivity index (χ1) is 9.90. The first-order valence-electron chi connectivity index (χ1n) is 6.43. The summed E-state index contributed by atoms with van der Waals surface area (Å²) in [5.74, 6) is -0.337. The van der Waals surface area contributed by atoms with E-state index in [0.717, 1.165) is 16.8 Å². The van der Waals surface area contributed by atoms with Gasteiger partial charge in [0.1, 0.15) is 0 Å². The molecule has 0 aliphatic rings. The molecule has 1 amide bonds. The van der Waals surface area contributed by atoms with E-state index in [2.05, 4.69) is 5.32 Å². The summed E-state index contributed by atoms with van der Waals surface area (Å²) in [4.78, 5) is 12.3. The molecule has 0 aliphatic carbocycles. The normalized spacial score (nSPS) is 10.3. The maximum absolute atomic E-state index is 12.3. The van der Waals surface area contributed by atoms with Gasteiger partial charge in [-0.05, 0) is 42.6 Å². The second-order valence-corrected chi connectivity index (χ2v) is 5.24. The lowest BCUT2D eigenvalue weighted by atomic mass is 9.80. The summed E-state index contributed by atoms with van der Waals surface area (Å²) in [7, 11) is -1.61. The highest BCUT2D eigenvalue weighted by Gasteiger charge is 2.17. The third-order valence-corrected chi connectivity index (χ3v) is 3.57. The van der Waals surface area contributed by atoms with Crippen LogP contribution in [0.5, 0.6) is 0 Å². The predicted molar refractivity (Wildman–Crippen MR) is 85.1 cm³/mol. The molecule has 4 nitrogen and oxygen atoms in total. The number of benzene rings is 2. The minimum atomic E-state index is -1.61. The molecular weight excluding hydrogens is 288 g/mol. The van der Waals surface area contributed by atoms with Crippen LogP contribution in [0, 0.1) is 13.8 Å². The third kappa shape index (κ3) is 3.45. The molecule has 108 valence electrons. The van der Waals surface area contributed by atoms with Crippen molar-refractivity contribution in [3.63, 3.8) is 0 Å². The van der Waals surface area contributed by atoms with E-state index < -0.39 is 7.12 Å². The van der Waals surface area contributed by atoms with Gasteiger partial charge in [-0.3, -0.25) is 4.79 Å². The van der Waals surface area contributed by atoms with Crippen molar-refractivity contribution in [3.05, 3.63) is 58.1 Å². The van der Waals surface area contributed by atoms with Gasteiger partial charge in [-0.15, -0.1) is 0 Å². The van der Waals surface area contributed by atoms with Crippen LogP contribution in [0.3, 0.4) is 0 Å². The predicted octanol–water partition coefficient (Wildman–Crippen LogP) is 1.89. The van der Waals surface area contributed by atoms with E-state index >= 15 is 0 Å². The summed E-state index contributed by atoms with van der Waals surface area (Å²) in [6.07, 6.45) is 0. The largest absolute Gasteiger partial charge is 0.488 e. The van der Waals surface area contributed by atoms with Crippen LogP contribution in [0.15, 0.2) is 36.4 Å². The molecule has 6 heteroatoms. The number of nitrogens with one attached hydrogen (secondary N) is 1. The molecule has 0 aromatic heterocycles. The number of rotatable bonds is 3. The molecule has 21 heavy (non-hydrogen) atoms. The van der Waals surface area contributed by atoms with Crippen molar-refractivity contribution in [3.8, 4) is 0 Å². The number of halogens is 1. The van der Waals surface area contributed by atoms with E-state index in [1.54, 1.807) is 0 Å². The number of carbonyl (C=O) groups is 1. The second kappa shape index (κ2) is 6.31. The first kappa shape index (κ1) is 15.6. The highest BCUT2D eigenvalue weighted by atomic mass is 35.5. The number of hydrogen-bond acceptors (Lipinski definition) is 3. The van der Waals surface area contributed by atoms with Crippen LogP contribution in [0.1, 0.15) is 21.5 Å². The maximum atomic E-state index is 12.3. The van der Waals surface area contributed by atoms with Gasteiger partial charge in [0.2, 0.25) is 0 Å². The molecule has 0 radical (unpaired) electrons. The van der Waals surface area contributed by atoms with E-state index in [9.17, 15) is 4.79 Å². The van der Waals surface area contributed by atoms with Crippen molar-refractivity contribution in [1.82, 2.24) is 0 Å². The first-order valence-corrected chi connectivity index (χ1v) is 6.81. The monoisotopic (exact) mass is 303 g/mol. The lowest BCUT2D eigenvalue weighted by molar-refractivity contribution is 0.102. The molecule has 0 heterocycles. The zero-order chi connectivity index (χ0) is 15.6. The van der Waals surface area contributed by atoms with E-state index in [1.165, 1.54) is 18.2 Å². The summed E-state index contributed by atoms with van der Waals surface area (Å²) < 4.78 is 0. The SMILES string of the molecule is Cc1cccc(C)c1NC(=O)c1ccc(B(O)O)cc1Cl. The summed E-state index contributed by atoms with van der Waals surface area (Å²) in [5, 5.41) is 21.2. The van der Waals surface area contributed by atoms with Gasteiger partial charge in [0, 0.05) is 5.69 Å². The van der Waals surface area contributed by atoms with Crippen molar-refractivity contribution in [2.24, 2.45) is 0 Å². The van der Waals surface area contributed by atoms with Gasteiger partial charge in [0.25, 0.3) is 5.91 Å². The van der Waals surface area contributed by atoms with E-state index in [1.807, 2.05) is 32.0 Å². The summed E-state index contributed by atoms with van der Waals surface area (Å²) >= 11 is 6.03. The van der Waals surface area contributed by atoms with Crippen LogP contribution in [-0.2, 0) is 0 Å². The number of para-hydroxylation sites is 1. The lowest BCUT2D eigenvalue weighted by Crippen LogP contribution is -2.30. The Balaban J connectivity index is 2.29. The molecule has 0 atom stereocenters. The molecule has 2 rings (SSSR count). The van der Waals surface area contributed by atoms with Crippen molar-refractivity contribution < 1.29 is 14.8 Å². The van der Waals surface area contributed by atoms with Crippen LogP contribution >= 0.6 is 11.6 Å². The van der Waals surface area contributed by atoms with Crippen molar-refractivity contribution in [1.29, 1.82) is 0 Å². The van der Waals surface area contributed by atoms with Gasteiger partial charge in [-0.2, -0.15) is 0 Å². The van der Waals surface area contributed by atoms with E-state index in [-0.39, 0.29) is 22.0 Å². The Hall–Kier alpha value is -1.82. The molecule has 0 unspecified atom stereocenters. The highest BCUT2D eigenvalue weighted by Crippen LogP contribution is 2.22. The molecule has 0 spiro atoms. The minimum absolute atomic E-state index is 0.171. The molecule has 0 aliphatic heterocycles. The van der Waals surface area contributed by atoms with Crippen molar-refractivity contribution in [2.75, 3.05) is 5.32 Å². The number of anilines is 1. The Labute approximate surface area is 128 Å². The van der Waals surface area contributed by atoms with Gasteiger partial charge in [0.05, 0.1) is 10.6 Å². The fourth-order valence-electron chi connectivity index (χ4n) is 2.07. The Morgan fingerprint density at radius 1 is 1.14 bits per heavy atom. The average Bonchev–Trinajstić information content (AvgIpc) is 2.42. The third-order valence-electron chi connectivity index (χ3n) is 3.26. The average molecular weight is 304 g/mol. The van der Waals surface area contributed by atoms with Crippen LogP contribution in [-0.4, -0.2) is 23.1 Å². The number of amides is 1. The van der Waals surface area contributed by atoms with Crippen LogP contribution in [0.4, 0.5) is 5.69 Å². The quantitative estimate of drug-likeness (QED) is 0.758. The van der Waals surface area contributed by atoms with Gasteiger partial charge in [-0.1, -0.05) is 35.9 Å². The number of aryl methyl sites for hydroxylation is 2. The van der Waals surface area contributed by atoms with Gasteiger partial charge < -0.3 is 15.4 Å². The van der Waals surface area contributed by atoms with Crippen LogP contribution in [0.25, 0.3) is 0 Å². The highest BCUT2D eigenvalue weighted by molar-refractivity contribution is 6.59. The van der Waals surface area contributed by atoms with Gasteiger partial charge in [0.15, 0.2) is 0 Å². The topological polar surface area (TPSA) is 69.6 Å². The zero-order valence-corrected chi connectivity index (χ0v) is 12.5. The molecule has 0 bridgehead atoms. The lowest BCUT2D eigenvalue weighted by Gasteiger charge is -2.12. The fourth-order valence-corrected chi connectivity index (χ4v) is 2.34. The molecule has 0 fully saturated rings. The number of hydrogen-bond donors (Lipinski definition) is 3. The summed E-state index contributed by atoms with van der Waals surface area (Å²) in [5.41, 5.74) is 3.20. The molecule has 0 saturated heterocycles. The fraction of sp³-hybridized carbons (Fsp3) is 0.133. The Kier molecular flexibility index (Phi) is 4.68. The molecule has 2 aromatic rings. The summed E-state index contributed by atoms with van der Waals surface area (Å²) in [6, 6.07) is 10.0. The Morgan fingerprint density at radius 2 is 1.76 bits per heavy atom. The smallest absolute Gasteiger partial charge is 0.423 e. The molecule has 0 saturated carbocycles. The Bertz CT molecular complexity index is 668. The second-order valence-electron chi connectivity index (χ2n) is 4.83. The van der Waals surface area contributed by atoms with E-state index in [4.69, 9.17) is 21.6 Å². The summed E-state index contributed by atoms with van der Waals surface area (Å²) in [6.45, 7) is 3.82. The molecular formula is C15H15BClNO3. The van der Waals surface area contributed by atoms with E-state index in [0.29, 0.717) is 0 Å². The van der Waals surface area contributed by atoms with Crippen LogP contribution in [0.2, 0.25) is 5.02 Å². The van der Waals surface area contributed by atoms with Gasteiger partial charge in [-0.25, -0.2) is 0 Å². The number of carbonyl (C=O) groups excluding carboxylic acids is 1. The van der Waals surface area contributed by atoms with Crippen molar-refractivity contribution >= 4 is 35.8 Å². The zero-order valence-electron chi connectivity index (χ0n) is 11.7. The molecule has 2 aromatic carbocycles. The molecule has 3 N–H and O–H groups in total. The standard InChI is InChI=1S/C15H15BClNO3/c1-9-4-3-5-10(2)14(9)18-15(19)12-7-6-11(16(20)21)8-13(12)17/h3-8,20-21H,1-2H3,(H,18,19). The maximum Gasteiger partial charge on any atom is 0.488 e. The minimum Gasteiger partial charge on any atom is -0.423 e. The van der Waals surface area contributed by atoms with Crippen molar-refractivity contribution in [2.45, 2.75) is 13.8 Å². The Morgan fingerprint density at radius 3 is 2.29 bits per heavy atom. The van der Waals surface area contributed by atoms with Gasteiger partial charge >= 0.3 is 7.12 Å². The van der Waals surface area contributed by atoms with Crippen LogP contribution < -0.4 is 10.8 Å².